The van der Waals surface area contributed by atoms with Gasteiger partial charge in [0.25, 0.3) is 5.91 Å². The van der Waals surface area contributed by atoms with Gasteiger partial charge in [-0.1, -0.05) is 19.1 Å². The van der Waals surface area contributed by atoms with E-state index in [4.69, 9.17) is 9.47 Å². The summed E-state index contributed by atoms with van der Waals surface area (Å²) in [5.41, 5.74) is 1.84. The Morgan fingerprint density at radius 3 is 2.08 bits per heavy atom. The Morgan fingerprint density at radius 2 is 1.54 bits per heavy atom. The van der Waals surface area contributed by atoms with Gasteiger partial charge in [0.1, 0.15) is 18.1 Å². The number of nitrogens with zero attached hydrogens (tertiary/aromatic N) is 1. The number of rotatable bonds is 10. The number of hydrogen-bond donors (Lipinski definition) is 1. The van der Waals surface area contributed by atoms with E-state index in [1.54, 1.807) is 7.05 Å². The minimum absolute atomic E-state index is 0.0654. The number of carbonyl (C=O) groups excluding carboxylic acids is 1. The molecule has 0 spiro atoms. The Labute approximate surface area is 155 Å². The second-order valence-electron chi connectivity index (χ2n) is 6.18. The molecule has 5 nitrogen and oxygen atoms in total. The van der Waals surface area contributed by atoms with Crippen LogP contribution in [0.4, 0.5) is 0 Å². The van der Waals surface area contributed by atoms with E-state index in [-0.39, 0.29) is 5.91 Å². The SMILES string of the molecule is CCCOc1ccc(OCCN(C)Cc2ccc(C(=O)NC)cc2)cc1. The zero-order valence-electron chi connectivity index (χ0n) is 15.8. The minimum Gasteiger partial charge on any atom is -0.494 e. The third-order valence-electron chi connectivity index (χ3n) is 3.93. The maximum absolute atomic E-state index is 11.5. The van der Waals surface area contributed by atoms with Crippen LogP contribution in [0.15, 0.2) is 48.5 Å². The molecule has 2 aromatic rings. The van der Waals surface area contributed by atoms with Crippen LogP contribution in [0.1, 0.15) is 29.3 Å². The lowest BCUT2D eigenvalue weighted by molar-refractivity contribution is 0.0963. The molecule has 0 bridgehead atoms. The van der Waals surface area contributed by atoms with Gasteiger partial charge in [0.05, 0.1) is 6.61 Å². The fraction of sp³-hybridized carbons (Fsp3) is 0.381. The smallest absolute Gasteiger partial charge is 0.251 e. The second-order valence-corrected chi connectivity index (χ2v) is 6.18. The van der Waals surface area contributed by atoms with Gasteiger partial charge in [0, 0.05) is 25.7 Å². The zero-order valence-corrected chi connectivity index (χ0v) is 15.8. The highest BCUT2D eigenvalue weighted by molar-refractivity contribution is 5.93. The molecule has 1 amide bonds. The van der Waals surface area contributed by atoms with Crippen molar-refractivity contribution in [1.82, 2.24) is 10.2 Å². The van der Waals surface area contributed by atoms with Crippen LogP contribution < -0.4 is 14.8 Å². The van der Waals surface area contributed by atoms with Crippen molar-refractivity contribution in [2.24, 2.45) is 0 Å². The normalized spacial score (nSPS) is 10.6. The number of carbonyl (C=O) groups is 1. The molecule has 0 saturated carbocycles. The Morgan fingerprint density at radius 1 is 0.962 bits per heavy atom. The van der Waals surface area contributed by atoms with Crippen LogP contribution in [0.25, 0.3) is 0 Å². The van der Waals surface area contributed by atoms with E-state index in [9.17, 15) is 4.79 Å². The average Bonchev–Trinajstić information content (AvgIpc) is 2.67. The molecule has 0 saturated heterocycles. The molecule has 2 aromatic carbocycles. The van der Waals surface area contributed by atoms with Crippen LogP contribution in [0, 0.1) is 0 Å². The number of ether oxygens (including phenoxy) is 2. The first-order valence-corrected chi connectivity index (χ1v) is 8.97. The van der Waals surface area contributed by atoms with Gasteiger partial charge < -0.3 is 14.8 Å². The molecular formula is C21H28N2O3. The van der Waals surface area contributed by atoms with Crippen molar-refractivity contribution in [3.8, 4) is 11.5 Å². The van der Waals surface area contributed by atoms with Gasteiger partial charge in [0.15, 0.2) is 0 Å². The van der Waals surface area contributed by atoms with E-state index in [0.29, 0.717) is 12.2 Å². The molecule has 1 N–H and O–H groups in total. The molecular weight excluding hydrogens is 328 g/mol. The van der Waals surface area contributed by atoms with Crippen molar-refractivity contribution in [3.63, 3.8) is 0 Å². The predicted molar refractivity (Wildman–Crippen MR) is 104 cm³/mol. The van der Waals surface area contributed by atoms with Crippen LogP contribution in [0.2, 0.25) is 0 Å². The molecule has 26 heavy (non-hydrogen) atoms. The standard InChI is InChI=1S/C21H28N2O3/c1-4-14-25-19-9-11-20(12-10-19)26-15-13-23(3)16-17-5-7-18(8-6-17)21(24)22-2/h5-12H,4,13-16H2,1-3H3,(H,22,24). The third-order valence-corrected chi connectivity index (χ3v) is 3.93. The fourth-order valence-corrected chi connectivity index (χ4v) is 2.47. The highest BCUT2D eigenvalue weighted by atomic mass is 16.5. The largest absolute Gasteiger partial charge is 0.494 e. The molecule has 0 aliphatic rings. The average molecular weight is 356 g/mol. The third kappa shape index (κ3) is 6.41. The Hall–Kier alpha value is -2.53. The van der Waals surface area contributed by atoms with E-state index in [2.05, 4.69) is 24.2 Å². The van der Waals surface area contributed by atoms with Gasteiger partial charge >= 0.3 is 0 Å². The summed E-state index contributed by atoms with van der Waals surface area (Å²) >= 11 is 0. The summed E-state index contributed by atoms with van der Waals surface area (Å²) in [5.74, 6) is 1.65. The molecule has 5 heteroatoms. The van der Waals surface area contributed by atoms with Crippen LogP contribution in [-0.2, 0) is 6.54 Å². The van der Waals surface area contributed by atoms with Crippen molar-refractivity contribution < 1.29 is 14.3 Å². The van der Waals surface area contributed by atoms with Crippen LogP contribution in [0.3, 0.4) is 0 Å². The van der Waals surface area contributed by atoms with Gasteiger partial charge in [-0.2, -0.15) is 0 Å². The number of amides is 1. The summed E-state index contributed by atoms with van der Waals surface area (Å²) in [6, 6.07) is 15.4. The van der Waals surface area contributed by atoms with E-state index < -0.39 is 0 Å². The van der Waals surface area contributed by atoms with Crippen LogP contribution in [-0.4, -0.2) is 44.7 Å². The Balaban J connectivity index is 1.73. The maximum Gasteiger partial charge on any atom is 0.251 e. The number of hydrogen-bond acceptors (Lipinski definition) is 4. The molecule has 140 valence electrons. The quantitative estimate of drug-likeness (QED) is 0.709. The van der Waals surface area contributed by atoms with Crippen molar-refractivity contribution in [2.75, 3.05) is 33.9 Å². The van der Waals surface area contributed by atoms with Crippen molar-refractivity contribution >= 4 is 5.91 Å². The number of likely N-dealkylation sites (N-methyl/N-ethyl adjacent to an activating group) is 1. The van der Waals surface area contributed by atoms with E-state index in [1.807, 2.05) is 48.5 Å². The van der Waals surface area contributed by atoms with Crippen molar-refractivity contribution in [1.29, 1.82) is 0 Å². The van der Waals surface area contributed by atoms with E-state index >= 15 is 0 Å². The van der Waals surface area contributed by atoms with Crippen LogP contribution in [0.5, 0.6) is 11.5 Å². The summed E-state index contributed by atoms with van der Waals surface area (Å²) in [4.78, 5) is 13.7. The van der Waals surface area contributed by atoms with Gasteiger partial charge in [-0.05, 0) is 55.4 Å². The first-order valence-electron chi connectivity index (χ1n) is 8.97. The maximum atomic E-state index is 11.5. The highest BCUT2D eigenvalue weighted by Crippen LogP contribution is 2.17. The van der Waals surface area contributed by atoms with E-state index in [0.717, 1.165) is 43.2 Å². The van der Waals surface area contributed by atoms with Crippen molar-refractivity contribution in [2.45, 2.75) is 19.9 Å². The zero-order chi connectivity index (χ0) is 18.8. The topological polar surface area (TPSA) is 50.8 Å². The number of benzene rings is 2. The summed E-state index contributed by atoms with van der Waals surface area (Å²) in [7, 11) is 3.69. The Bertz CT molecular complexity index is 669. The monoisotopic (exact) mass is 356 g/mol. The molecule has 0 aliphatic heterocycles. The lowest BCUT2D eigenvalue weighted by Crippen LogP contribution is -2.24. The molecule has 0 fully saturated rings. The van der Waals surface area contributed by atoms with Gasteiger partial charge in [-0.3, -0.25) is 9.69 Å². The molecule has 0 radical (unpaired) electrons. The first-order chi connectivity index (χ1) is 12.6. The Kier molecular flexibility index (Phi) is 7.96. The van der Waals surface area contributed by atoms with Gasteiger partial charge in [0.2, 0.25) is 0 Å². The summed E-state index contributed by atoms with van der Waals surface area (Å²) < 4.78 is 11.3. The fourth-order valence-electron chi connectivity index (χ4n) is 2.47. The lowest BCUT2D eigenvalue weighted by atomic mass is 10.1. The second kappa shape index (κ2) is 10.5. The van der Waals surface area contributed by atoms with E-state index in [1.165, 1.54) is 0 Å². The molecule has 2 rings (SSSR count). The first kappa shape index (κ1) is 19.8. The molecule has 0 aromatic heterocycles. The van der Waals surface area contributed by atoms with Crippen LogP contribution >= 0.6 is 0 Å². The summed E-state index contributed by atoms with van der Waals surface area (Å²) in [5, 5.41) is 2.62. The predicted octanol–water partition coefficient (Wildman–Crippen LogP) is 3.35. The molecule has 0 atom stereocenters. The lowest BCUT2D eigenvalue weighted by Gasteiger charge is -2.17. The van der Waals surface area contributed by atoms with Crippen molar-refractivity contribution in [3.05, 3.63) is 59.7 Å². The highest BCUT2D eigenvalue weighted by Gasteiger charge is 2.05. The summed E-state index contributed by atoms with van der Waals surface area (Å²) in [6.07, 6.45) is 0.999. The molecule has 0 heterocycles. The number of nitrogens with one attached hydrogen (secondary N) is 1. The summed E-state index contributed by atoms with van der Waals surface area (Å²) in [6.45, 7) is 5.05. The molecule has 0 unspecified atom stereocenters. The molecule has 0 aliphatic carbocycles. The minimum atomic E-state index is -0.0654. The van der Waals surface area contributed by atoms with Gasteiger partial charge in [-0.15, -0.1) is 0 Å². The van der Waals surface area contributed by atoms with Gasteiger partial charge in [-0.25, -0.2) is 0 Å².